The Morgan fingerprint density at radius 2 is 1.88 bits per heavy atom. The van der Waals surface area contributed by atoms with Gasteiger partial charge in [0.25, 0.3) is 5.91 Å². The summed E-state index contributed by atoms with van der Waals surface area (Å²) < 4.78 is 18.1. The van der Waals surface area contributed by atoms with Crippen molar-refractivity contribution in [3.05, 3.63) is 71.7 Å². The molecule has 0 fully saturated rings. The van der Waals surface area contributed by atoms with Crippen molar-refractivity contribution in [1.82, 2.24) is 0 Å². The lowest BCUT2D eigenvalue weighted by molar-refractivity contribution is -0.142. The third kappa shape index (κ3) is 4.08. The Labute approximate surface area is 151 Å². The number of hydrogen-bond acceptors (Lipinski definition) is 4. The van der Waals surface area contributed by atoms with E-state index in [1.54, 1.807) is 24.0 Å². The van der Waals surface area contributed by atoms with E-state index in [1.165, 1.54) is 18.2 Å². The molecule has 1 aliphatic heterocycles. The highest BCUT2D eigenvalue weighted by Gasteiger charge is 2.23. The fourth-order valence-electron chi connectivity index (χ4n) is 2.77. The largest absolute Gasteiger partial charge is 0.466 e. The molecule has 1 N–H and O–H groups in total. The Balaban J connectivity index is 1.91. The summed E-state index contributed by atoms with van der Waals surface area (Å²) in [6, 6.07) is 13.4. The number of nitrogens with one attached hydrogen (secondary N) is 1. The second kappa shape index (κ2) is 7.82. The Kier molecular flexibility index (Phi) is 5.31. The first kappa shape index (κ1) is 17.7. The number of anilines is 2. The molecule has 26 heavy (non-hydrogen) atoms. The molecule has 0 aromatic heterocycles. The first-order valence-electron chi connectivity index (χ1n) is 8.35. The van der Waals surface area contributed by atoms with E-state index in [9.17, 15) is 14.0 Å². The van der Waals surface area contributed by atoms with E-state index in [1.807, 2.05) is 24.3 Å². The van der Waals surface area contributed by atoms with Crippen LogP contribution in [0.4, 0.5) is 15.8 Å². The van der Waals surface area contributed by atoms with E-state index < -0.39 is 5.97 Å². The van der Waals surface area contributed by atoms with Gasteiger partial charge in [-0.3, -0.25) is 9.59 Å². The molecule has 2 aromatic rings. The van der Waals surface area contributed by atoms with Crippen LogP contribution in [0.25, 0.3) is 0 Å². The second-order valence-corrected chi connectivity index (χ2v) is 5.84. The zero-order valence-electron chi connectivity index (χ0n) is 14.4. The van der Waals surface area contributed by atoms with Gasteiger partial charge >= 0.3 is 5.97 Å². The van der Waals surface area contributed by atoms with Crippen LogP contribution in [0.2, 0.25) is 0 Å². The van der Waals surface area contributed by atoms with Crippen molar-refractivity contribution in [3.8, 4) is 0 Å². The van der Waals surface area contributed by atoms with Crippen LogP contribution in [0.15, 0.2) is 60.3 Å². The summed E-state index contributed by atoms with van der Waals surface area (Å²) in [6.45, 7) is 2.31. The average Bonchev–Trinajstić information content (AvgIpc) is 2.74. The van der Waals surface area contributed by atoms with Crippen molar-refractivity contribution in [2.75, 3.05) is 16.8 Å². The van der Waals surface area contributed by atoms with E-state index >= 15 is 0 Å². The molecule has 1 aliphatic rings. The number of carbonyl (C=O) groups excluding carboxylic acids is 2. The second-order valence-electron chi connectivity index (χ2n) is 5.84. The average molecular weight is 354 g/mol. The lowest BCUT2D eigenvalue weighted by Crippen LogP contribution is -2.28. The lowest BCUT2D eigenvalue weighted by atomic mass is 10.1. The zero-order chi connectivity index (χ0) is 18.5. The lowest BCUT2D eigenvalue weighted by Gasteiger charge is -2.22. The summed E-state index contributed by atoms with van der Waals surface area (Å²) in [5, 5.41) is 3.14. The van der Waals surface area contributed by atoms with Gasteiger partial charge in [-0.2, -0.15) is 0 Å². The van der Waals surface area contributed by atoms with Gasteiger partial charge in [-0.15, -0.1) is 0 Å². The number of amides is 1. The van der Waals surface area contributed by atoms with Crippen LogP contribution in [0.5, 0.6) is 0 Å². The van der Waals surface area contributed by atoms with E-state index in [0.717, 1.165) is 11.3 Å². The third-order valence-electron chi connectivity index (χ3n) is 3.95. The molecular formula is C20H19FN2O3. The molecule has 0 radical (unpaired) electrons. The number of halogens is 1. The summed E-state index contributed by atoms with van der Waals surface area (Å²) in [7, 11) is 0. The molecule has 1 heterocycles. The molecule has 1 amide bonds. The number of hydrogen-bond donors (Lipinski definition) is 1. The number of benzene rings is 2. The standard InChI is InChI=1S/C20H19FN2O3/c1-2-26-20(25)12-16-11-19(24)23(13-14-7-9-15(21)10-8-14)18-6-4-3-5-17(18)22-16/h3-11,22H,2,12-13H2,1H3. The number of esters is 1. The maximum Gasteiger partial charge on any atom is 0.311 e. The normalized spacial score (nSPS) is 13.4. The fraction of sp³-hybridized carbons (Fsp3) is 0.200. The Morgan fingerprint density at radius 1 is 1.15 bits per heavy atom. The summed E-state index contributed by atoms with van der Waals surface area (Å²) in [4.78, 5) is 26.2. The number of nitrogens with zero attached hydrogens (tertiary/aromatic N) is 1. The van der Waals surface area contributed by atoms with Crippen LogP contribution in [-0.2, 0) is 20.9 Å². The van der Waals surface area contributed by atoms with Crippen molar-refractivity contribution >= 4 is 23.3 Å². The van der Waals surface area contributed by atoms with Crippen LogP contribution >= 0.6 is 0 Å². The van der Waals surface area contributed by atoms with Crippen molar-refractivity contribution in [2.24, 2.45) is 0 Å². The fourth-order valence-corrected chi connectivity index (χ4v) is 2.77. The van der Waals surface area contributed by atoms with Crippen molar-refractivity contribution < 1.29 is 18.7 Å². The van der Waals surface area contributed by atoms with Gasteiger partial charge in [0.05, 0.1) is 30.9 Å². The molecule has 0 saturated carbocycles. The van der Waals surface area contributed by atoms with Crippen molar-refractivity contribution in [1.29, 1.82) is 0 Å². The maximum absolute atomic E-state index is 13.1. The molecule has 6 heteroatoms. The van der Waals surface area contributed by atoms with Gasteiger partial charge in [-0.25, -0.2) is 4.39 Å². The molecule has 5 nitrogen and oxygen atoms in total. The maximum atomic E-state index is 13.1. The van der Waals surface area contributed by atoms with Gasteiger partial charge in [0.2, 0.25) is 0 Å². The molecule has 0 unspecified atom stereocenters. The van der Waals surface area contributed by atoms with Gasteiger partial charge in [0.1, 0.15) is 5.82 Å². The van der Waals surface area contributed by atoms with E-state index in [2.05, 4.69) is 5.32 Å². The SMILES string of the molecule is CCOC(=O)CC1=CC(=O)N(Cc2ccc(F)cc2)c2ccccc2N1. The van der Waals surface area contributed by atoms with Crippen molar-refractivity contribution in [2.45, 2.75) is 19.9 Å². The van der Waals surface area contributed by atoms with Crippen LogP contribution < -0.4 is 10.2 Å². The minimum atomic E-state index is -0.400. The Hall–Kier alpha value is -3.15. The highest BCUT2D eigenvalue weighted by Crippen LogP contribution is 2.31. The first-order valence-corrected chi connectivity index (χ1v) is 8.35. The molecule has 0 aliphatic carbocycles. The third-order valence-corrected chi connectivity index (χ3v) is 3.95. The summed E-state index contributed by atoms with van der Waals surface area (Å²) in [6.07, 6.45) is 1.39. The number of para-hydroxylation sites is 2. The van der Waals surface area contributed by atoms with Crippen LogP contribution in [0.3, 0.4) is 0 Å². The topological polar surface area (TPSA) is 58.6 Å². The van der Waals surface area contributed by atoms with Crippen LogP contribution in [-0.4, -0.2) is 18.5 Å². The van der Waals surface area contributed by atoms with Gasteiger partial charge in [0.15, 0.2) is 0 Å². The minimum absolute atomic E-state index is 0.0156. The number of carbonyl (C=O) groups is 2. The number of rotatable bonds is 5. The quantitative estimate of drug-likeness (QED) is 0.833. The minimum Gasteiger partial charge on any atom is -0.466 e. The van der Waals surface area contributed by atoms with Gasteiger partial charge in [-0.1, -0.05) is 24.3 Å². The Bertz CT molecular complexity index is 846. The molecule has 0 saturated heterocycles. The molecule has 2 aromatic carbocycles. The molecule has 3 rings (SSSR count). The predicted octanol–water partition coefficient (Wildman–Crippen LogP) is 3.62. The molecule has 0 atom stereocenters. The van der Waals surface area contributed by atoms with Crippen LogP contribution in [0.1, 0.15) is 18.9 Å². The first-order chi connectivity index (χ1) is 12.6. The van der Waals surface area contributed by atoms with Gasteiger partial charge in [0, 0.05) is 11.8 Å². The van der Waals surface area contributed by atoms with E-state index in [0.29, 0.717) is 17.9 Å². The van der Waals surface area contributed by atoms with E-state index in [-0.39, 0.29) is 24.8 Å². The van der Waals surface area contributed by atoms with Gasteiger partial charge < -0.3 is 15.0 Å². The monoisotopic (exact) mass is 354 g/mol. The van der Waals surface area contributed by atoms with E-state index in [4.69, 9.17) is 4.74 Å². The number of ether oxygens (including phenoxy) is 1. The summed E-state index contributed by atoms with van der Waals surface area (Å²) >= 11 is 0. The molecule has 0 spiro atoms. The summed E-state index contributed by atoms with van der Waals surface area (Å²) in [5.41, 5.74) is 2.69. The highest BCUT2D eigenvalue weighted by molar-refractivity contribution is 6.06. The Morgan fingerprint density at radius 3 is 2.62 bits per heavy atom. The zero-order valence-corrected chi connectivity index (χ0v) is 14.4. The summed E-state index contributed by atoms with van der Waals surface area (Å²) in [5.74, 6) is -0.982. The highest BCUT2D eigenvalue weighted by atomic mass is 19.1. The molecular weight excluding hydrogens is 335 g/mol. The smallest absolute Gasteiger partial charge is 0.311 e. The predicted molar refractivity (Wildman–Crippen MR) is 97.0 cm³/mol. The van der Waals surface area contributed by atoms with Gasteiger partial charge in [-0.05, 0) is 36.8 Å². The number of fused-ring (bicyclic) bond motifs is 1. The molecule has 134 valence electrons. The molecule has 0 bridgehead atoms. The van der Waals surface area contributed by atoms with Crippen molar-refractivity contribution in [3.63, 3.8) is 0 Å². The van der Waals surface area contributed by atoms with Crippen LogP contribution in [0, 0.1) is 5.82 Å².